The van der Waals surface area contributed by atoms with E-state index in [1.165, 1.54) is 96.1 Å². The summed E-state index contributed by atoms with van der Waals surface area (Å²) in [7, 11) is -3.33. The third-order valence-corrected chi connectivity index (χ3v) is 27.6. The fraction of sp³-hybridized carbons (Fsp3) is 0.421. The van der Waals surface area contributed by atoms with E-state index in [0.29, 0.717) is 17.7 Å². The van der Waals surface area contributed by atoms with Gasteiger partial charge in [0.05, 0.1) is 22.3 Å². The maximum Gasteiger partial charge on any atom is 0.240 e. The van der Waals surface area contributed by atoms with Crippen LogP contribution in [0.5, 0.6) is 0 Å². The first-order valence-electron chi connectivity index (χ1n) is 31.4. The number of fused-ring (bicyclic) bond motifs is 9. The Morgan fingerprint density at radius 1 is 0.386 bits per heavy atom. The Morgan fingerprint density at radius 2 is 0.831 bits per heavy atom. The Morgan fingerprint density at radius 3 is 1.34 bits per heavy atom. The number of rotatable bonds is 7. The highest BCUT2D eigenvalue weighted by atomic mass is 28.3. The van der Waals surface area contributed by atoms with Gasteiger partial charge < -0.3 is 4.90 Å². The number of pyridine rings is 1. The Labute approximate surface area is 495 Å². The summed E-state index contributed by atoms with van der Waals surface area (Å²) < 4.78 is 2.29. The number of hydrogen-bond donors (Lipinski definition) is 0. The third-order valence-electron chi connectivity index (χ3n) is 22.9. The quantitative estimate of drug-likeness (QED) is 0.118. The zero-order chi connectivity index (χ0) is 58.1. The summed E-state index contributed by atoms with van der Waals surface area (Å²) in [5, 5.41) is 8.02. The molecule has 2 unspecified atom stereocenters. The highest BCUT2D eigenvalue weighted by Gasteiger charge is 2.59. The van der Waals surface area contributed by atoms with Crippen molar-refractivity contribution in [3.63, 3.8) is 0 Å². The van der Waals surface area contributed by atoms with E-state index < -0.39 is 8.07 Å². The third kappa shape index (κ3) is 7.90. The van der Waals surface area contributed by atoms with Gasteiger partial charge in [0, 0.05) is 39.7 Å². The van der Waals surface area contributed by atoms with E-state index in [4.69, 9.17) is 19.9 Å². The van der Waals surface area contributed by atoms with Crippen molar-refractivity contribution in [2.45, 2.75) is 205 Å². The summed E-state index contributed by atoms with van der Waals surface area (Å²) in [6, 6.07) is 52.9. The second kappa shape index (κ2) is 18.2. The van der Waals surface area contributed by atoms with Gasteiger partial charge in [0.25, 0.3) is 0 Å². The molecular formula is C76H86N6Si. The van der Waals surface area contributed by atoms with Crippen LogP contribution in [0.15, 0.2) is 146 Å². The minimum atomic E-state index is -3.33. The van der Waals surface area contributed by atoms with Gasteiger partial charge in [0.15, 0.2) is 13.9 Å². The lowest BCUT2D eigenvalue weighted by molar-refractivity contribution is 0.193. The SMILES string of the molecule is CC1(C)CCC(C)(C)c2cc([Si](c3cccc(-c4nc(N5c6ccncc6C6(C)CCCCC56C)nc(-n5c6ccccc6c6ccccc65)n4)c3)(c3ccc4c(c3)C(C)(C)CCC4(C)C)c3ccc4c(c3)C(C)(C)CCC4(C)C)ccc21. The van der Waals surface area contributed by atoms with Crippen LogP contribution in [0.1, 0.15) is 200 Å². The van der Waals surface area contributed by atoms with Crippen molar-refractivity contribution in [3.05, 3.63) is 185 Å². The Balaban J connectivity index is 1.09. The van der Waals surface area contributed by atoms with Crippen LogP contribution in [-0.4, -0.2) is 38.1 Å². The van der Waals surface area contributed by atoms with Crippen LogP contribution in [0.25, 0.3) is 39.1 Å². The maximum absolute atomic E-state index is 5.83. The molecule has 3 aromatic heterocycles. The summed E-state index contributed by atoms with van der Waals surface area (Å²) in [5.74, 6) is 1.98. The molecule has 6 nitrogen and oxygen atoms in total. The first-order chi connectivity index (χ1) is 39.3. The van der Waals surface area contributed by atoms with Crippen molar-refractivity contribution >= 4 is 62.3 Å². The normalized spacial score (nSPS) is 23.2. The second-order valence-corrected chi connectivity index (χ2v) is 34.4. The van der Waals surface area contributed by atoms with Crippen LogP contribution >= 0.6 is 0 Å². The smallest absolute Gasteiger partial charge is 0.240 e. The number of aromatic nitrogens is 5. The molecule has 0 radical (unpaired) electrons. The van der Waals surface area contributed by atoms with Gasteiger partial charge in [-0.2, -0.15) is 15.0 Å². The molecule has 424 valence electrons. The highest BCUT2D eigenvalue weighted by Crippen LogP contribution is 2.60. The zero-order valence-electron chi connectivity index (χ0n) is 52.1. The fourth-order valence-electron chi connectivity index (χ4n) is 17.1. The van der Waals surface area contributed by atoms with E-state index in [1.54, 1.807) is 0 Å². The molecule has 5 aliphatic rings. The van der Waals surface area contributed by atoms with Crippen molar-refractivity contribution in [2.24, 2.45) is 0 Å². The molecule has 9 aromatic rings. The molecule has 4 heterocycles. The molecule has 4 aliphatic carbocycles. The van der Waals surface area contributed by atoms with E-state index in [2.05, 4.69) is 246 Å². The molecule has 1 aliphatic heterocycles. The Hall–Kier alpha value is -6.70. The Kier molecular flexibility index (Phi) is 11.9. The standard InChI is InChI=1S/C76H86N6Si/c1-69(2)37-40-72(7,8)59-45-51(28-31-56(59)69)83(52-29-32-57-60(46-52)73(9,10)41-38-70(57,3)4,53-30-33-58-61(47-53)74(11,12)42-39-71(58,5)6)50-23-21-22-49(44-50)66-78-67(81-63-26-17-15-24-54(63)55-25-16-18-27-64(55)81)80-68(79-66)82-65-34-43-77-48-62(65)75(13)35-19-20-36-76(75,82)14/h15-18,21-34,43-48H,19-20,35-42H2,1-14H3. The van der Waals surface area contributed by atoms with Crippen LogP contribution < -0.4 is 25.6 Å². The summed E-state index contributed by atoms with van der Waals surface area (Å²) in [6.45, 7) is 34.7. The van der Waals surface area contributed by atoms with Crippen LogP contribution in [-0.2, 0) is 37.9 Å². The van der Waals surface area contributed by atoms with Crippen molar-refractivity contribution in [2.75, 3.05) is 4.90 Å². The van der Waals surface area contributed by atoms with Crippen LogP contribution in [0, 0.1) is 0 Å². The van der Waals surface area contributed by atoms with Gasteiger partial charge in [0.2, 0.25) is 11.9 Å². The van der Waals surface area contributed by atoms with Crippen molar-refractivity contribution < 1.29 is 0 Å². The molecule has 83 heavy (non-hydrogen) atoms. The summed E-state index contributed by atoms with van der Waals surface area (Å²) >= 11 is 0. The van der Waals surface area contributed by atoms with E-state index >= 15 is 0 Å². The molecule has 2 atom stereocenters. The zero-order valence-corrected chi connectivity index (χ0v) is 53.1. The van der Waals surface area contributed by atoms with E-state index in [-0.39, 0.29) is 43.4 Å². The first-order valence-corrected chi connectivity index (χ1v) is 33.4. The van der Waals surface area contributed by atoms with Gasteiger partial charge in [-0.1, -0.05) is 218 Å². The summed E-state index contributed by atoms with van der Waals surface area (Å²) in [6.07, 6.45) is 15.5. The van der Waals surface area contributed by atoms with Crippen molar-refractivity contribution in [3.8, 4) is 17.3 Å². The number of hydrogen-bond acceptors (Lipinski definition) is 5. The number of nitrogens with zero attached hydrogens (tertiary/aromatic N) is 6. The molecule has 0 spiro atoms. The van der Waals surface area contributed by atoms with Crippen molar-refractivity contribution in [1.29, 1.82) is 0 Å². The molecule has 1 saturated carbocycles. The number of anilines is 2. The fourth-order valence-corrected chi connectivity index (χ4v) is 21.9. The molecule has 7 heteroatoms. The van der Waals surface area contributed by atoms with Gasteiger partial charge in [-0.3, -0.25) is 9.55 Å². The first kappa shape index (κ1) is 54.2. The number of benzene rings is 6. The molecule has 1 fully saturated rings. The minimum Gasteiger partial charge on any atom is -0.303 e. The lowest BCUT2D eigenvalue weighted by Gasteiger charge is -2.49. The summed E-state index contributed by atoms with van der Waals surface area (Å²) in [5.41, 5.74) is 14.3. The largest absolute Gasteiger partial charge is 0.303 e. The van der Waals surface area contributed by atoms with Gasteiger partial charge in [-0.25, -0.2) is 0 Å². The van der Waals surface area contributed by atoms with Gasteiger partial charge in [0.1, 0.15) is 0 Å². The molecule has 6 aromatic carbocycles. The van der Waals surface area contributed by atoms with E-state index in [0.717, 1.165) is 60.8 Å². The maximum atomic E-state index is 5.83. The predicted octanol–water partition coefficient (Wildman–Crippen LogP) is 16.2. The minimum absolute atomic E-state index is 0.00633. The monoisotopic (exact) mass is 1110 g/mol. The summed E-state index contributed by atoms with van der Waals surface area (Å²) in [4.78, 5) is 24.6. The lowest BCUT2D eigenvalue weighted by atomic mass is 9.62. The Bertz CT molecular complexity index is 3890. The van der Waals surface area contributed by atoms with Gasteiger partial charge in [-0.15, -0.1) is 0 Å². The van der Waals surface area contributed by atoms with E-state index in [1.807, 2.05) is 6.20 Å². The average molecular weight is 1110 g/mol. The molecule has 0 saturated heterocycles. The highest BCUT2D eigenvalue weighted by molar-refractivity contribution is 7.20. The van der Waals surface area contributed by atoms with Crippen LogP contribution in [0.3, 0.4) is 0 Å². The molecule has 0 amide bonds. The van der Waals surface area contributed by atoms with Crippen LogP contribution in [0.4, 0.5) is 11.6 Å². The molecular weight excluding hydrogens is 1020 g/mol. The lowest BCUT2D eigenvalue weighted by Crippen LogP contribution is -2.75. The topological polar surface area (TPSA) is 59.7 Å². The second-order valence-electron chi connectivity index (χ2n) is 30.6. The molecule has 0 N–H and O–H groups in total. The number of para-hydroxylation sites is 2. The molecule has 14 rings (SSSR count). The predicted molar refractivity (Wildman–Crippen MR) is 350 cm³/mol. The average Bonchev–Trinajstić information content (AvgIpc) is 4.06. The van der Waals surface area contributed by atoms with Gasteiger partial charge >= 0.3 is 0 Å². The van der Waals surface area contributed by atoms with Crippen LogP contribution in [0.2, 0.25) is 0 Å². The molecule has 0 bridgehead atoms. The van der Waals surface area contributed by atoms with Gasteiger partial charge in [-0.05, 0) is 163 Å². The van der Waals surface area contributed by atoms with Crippen molar-refractivity contribution in [1.82, 2.24) is 24.5 Å². The van der Waals surface area contributed by atoms with E-state index in [9.17, 15) is 0 Å².